The number of anilines is 1. The summed E-state index contributed by atoms with van der Waals surface area (Å²) in [6.45, 7) is 0.0285. The van der Waals surface area contributed by atoms with Gasteiger partial charge < -0.3 is 5.32 Å². The number of aromatic amines is 2. The Bertz CT molecular complexity index is 1290. The number of carbonyl (C=O) groups excluding carboxylic acids is 1. The molecule has 1 aliphatic carbocycles. The lowest BCUT2D eigenvalue weighted by atomic mass is 10.2. The topological polar surface area (TPSA) is 104 Å². The molecule has 2 aromatic heterocycles. The van der Waals surface area contributed by atoms with Crippen LogP contribution in [0.2, 0.25) is 5.02 Å². The molecule has 156 valence electrons. The Labute approximate surface area is 187 Å². The second-order valence-electron chi connectivity index (χ2n) is 7.39. The summed E-state index contributed by atoms with van der Waals surface area (Å²) in [5, 5.41) is 17.8. The number of amides is 1. The highest BCUT2D eigenvalue weighted by Gasteiger charge is 2.27. The quantitative estimate of drug-likeness (QED) is 0.373. The van der Waals surface area contributed by atoms with Crippen molar-refractivity contribution in [1.29, 1.82) is 0 Å². The normalized spacial score (nSPS) is 13.3. The fraction of sp³-hybridized carbons (Fsp3) is 0.190. The van der Waals surface area contributed by atoms with Crippen molar-refractivity contribution in [3.63, 3.8) is 0 Å². The molecular formula is C21H18ClN7OS. The number of rotatable bonds is 6. The summed E-state index contributed by atoms with van der Waals surface area (Å²) in [4.78, 5) is 17.2. The molecule has 1 aliphatic rings. The minimum atomic E-state index is -0.214. The molecule has 1 fully saturated rings. The summed E-state index contributed by atoms with van der Waals surface area (Å²) < 4.78 is 2.02. The van der Waals surface area contributed by atoms with Crippen molar-refractivity contribution in [1.82, 2.24) is 29.9 Å². The molecule has 0 atom stereocenters. The van der Waals surface area contributed by atoms with Crippen molar-refractivity contribution in [2.24, 2.45) is 0 Å². The Hall–Kier alpha value is -3.30. The van der Waals surface area contributed by atoms with Crippen LogP contribution in [-0.2, 0) is 11.3 Å². The van der Waals surface area contributed by atoms with E-state index in [2.05, 4.69) is 30.7 Å². The number of aromatic nitrogens is 6. The van der Waals surface area contributed by atoms with Gasteiger partial charge in [-0.25, -0.2) is 4.98 Å². The van der Waals surface area contributed by atoms with E-state index in [4.69, 9.17) is 23.8 Å². The summed E-state index contributed by atoms with van der Waals surface area (Å²) in [7, 11) is 0. The van der Waals surface area contributed by atoms with Crippen molar-refractivity contribution >= 4 is 35.4 Å². The Morgan fingerprint density at radius 3 is 2.48 bits per heavy atom. The molecule has 3 N–H and O–H groups in total. The Morgan fingerprint density at radius 2 is 1.77 bits per heavy atom. The lowest BCUT2D eigenvalue weighted by Crippen LogP contribution is -2.19. The van der Waals surface area contributed by atoms with E-state index >= 15 is 0 Å². The van der Waals surface area contributed by atoms with Crippen LogP contribution in [-0.4, -0.2) is 35.9 Å². The first kappa shape index (κ1) is 19.7. The molecule has 0 spiro atoms. The lowest BCUT2D eigenvalue weighted by molar-refractivity contribution is -0.116. The van der Waals surface area contributed by atoms with Gasteiger partial charge in [-0.15, -0.1) is 0 Å². The van der Waals surface area contributed by atoms with Crippen LogP contribution >= 0.6 is 23.8 Å². The van der Waals surface area contributed by atoms with Gasteiger partial charge in [-0.3, -0.25) is 19.6 Å². The highest BCUT2D eigenvalue weighted by Crippen LogP contribution is 2.38. The van der Waals surface area contributed by atoms with Gasteiger partial charge in [0.15, 0.2) is 16.4 Å². The molecule has 0 radical (unpaired) electrons. The molecule has 1 amide bonds. The molecule has 2 heterocycles. The lowest BCUT2D eigenvalue weighted by Gasteiger charge is -2.09. The third-order valence-corrected chi connectivity index (χ3v) is 5.62. The van der Waals surface area contributed by atoms with E-state index in [1.807, 2.05) is 36.4 Å². The molecule has 5 rings (SSSR count). The molecule has 1 saturated carbocycles. The van der Waals surface area contributed by atoms with Crippen molar-refractivity contribution in [3.05, 3.63) is 64.1 Å². The van der Waals surface area contributed by atoms with Crippen molar-refractivity contribution in [2.75, 3.05) is 5.32 Å². The first-order valence-electron chi connectivity index (χ1n) is 9.80. The average Bonchev–Trinajstić information content (AvgIpc) is 3.40. The predicted molar refractivity (Wildman–Crippen MR) is 120 cm³/mol. The van der Waals surface area contributed by atoms with Gasteiger partial charge in [-0.1, -0.05) is 11.6 Å². The minimum absolute atomic E-state index is 0.0285. The number of nitrogens with zero attached hydrogens (tertiary/aromatic N) is 4. The SMILES string of the molecule is O=C(Cn1c(-c2ccc(Cl)cc2)n[nH]c1=S)Nc1ccc(-c2n[nH]c(C3CC3)n2)cc1. The Balaban J connectivity index is 1.28. The molecule has 0 bridgehead atoms. The van der Waals surface area contributed by atoms with Gasteiger partial charge in [0.1, 0.15) is 12.4 Å². The van der Waals surface area contributed by atoms with Crippen LogP contribution in [0.25, 0.3) is 22.8 Å². The molecular weight excluding hydrogens is 434 g/mol. The third kappa shape index (κ3) is 4.28. The second-order valence-corrected chi connectivity index (χ2v) is 8.21. The summed E-state index contributed by atoms with van der Waals surface area (Å²) in [6.07, 6.45) is 2.33. The molecule has 4 aromatic rings. The van der Waals surface area contributed by atoms with Crippen LogP contribution in [0.1, 0.15) is 24.6 Å². The summed E-state index contributed by atoms with van der Waals surface area (Å²) in [5.41, 5.74) is 2.38. The maximum atomic E-state index is 12.6. The van der Waals surface area contributed by atoms with Crippen LogP contribution in [0.5, 0.6) is 0 Å². The molecule has 31 heavy (non-hydrogen) atoms. The van der Waals surface area contributed by atoms with Crippen molar-refractivity contribution in [2.45, 2.75) is 25.3 Å². The van der Waals surface area contributed by atoms with Gasteiger partial charge in [-0.2, -0.15) is 10.2 Å². The number of H-pyrrole nitrogens is 2. The van der Waals surface area contributed by atoms with E-state index < -0.39 is 0 Å². The number of nitrogens with one attached hydrogen (secondary N) is 3. The Kier molecular flexibility index (Phi) is 5.13. The zero-order chi connectivity index (χ0) is 21.4. The van der Waals surface area contributed by atoms with E-state index in [9.17, 15) is 4.79 Å². The highest BCUT2D eigenvalue weighted by molar-refractivity contribution is 7.71. The highest BCUT2D eigenvalue weighted by atomic mass is 35.5. The number of halogens is 1. The fourth-order valence-corrected chi connectivity index (χ4v) is 3.60. The molecule has 10 heteroatoms. The predicted octanol–water partition coefficient (Wildman–Crippen LogP) is 4.56. The largest absolute Gasteiger partial charge is 0.325 e. The monoisotopic (exact) mass is 451 g/mol. The summed E-state index contributed by atoms with van der Waals surface area (Å²) in [6, 6.07) is 14.6. The zero-order valence-electron chi connectivity index (χ0n) is 16.3. The molecule has 2 aromatic carbocycles. The maximum Gasteiger partial charge on any atom is 0.244 e. The van der Waals surface area contributed by atoms with Gasteiger partial charge in [-0.05, 0) is 73.6 Å². The Morgan fingerprint density at radius 1 is 1.06 bits per heavy atom. The second kappa shape index (κ2) is 8.09. The summed E-state index contributed by atoms with van der Waals surface area (Å²) in [5.74, 6) is 2.49. The zero-order valence-corrected chi connectivity index (χ0v) is 17.9. The first-order chi connectivity index (χ1) is 15.1. The molecule has 0 aliphatic heterocycles. The fourth-order valence-electron chi connectivity index (χ4n) is 3.27. The molecule has 8 nitrogen and oxygen atoms in total. The van der Waals surface area contributed by atoms with E-state index in [-0.39, 0.29) is 12.5 Å². The third-order valence-electron chi connectivity index (χ3n) is 5.06. The van der Waals surface area contributed by atoms with Gasteiger partial charge in [0.05, 0.1) is 0 Å². The molecule has 0 unspecified atom stereocenters. The molecule has 0 saturated heterocycles. The number of benzene rings is 2. The van der Waals surface area contributed by atoms with Gasteiger partial charge >= 0.3 is 0 Å². The maximum absolute atomic E-state index is 12.6. The van der Waals surface area contributed by atoms with Gasteiger partial charge in [0.25, 0.3) is 0 Å². The number of hydrogen-bond acceptors (Lipinski definition) is 5. The van der Waals surface area contributed by atoms with E-state index in [1.54, 1.807) is 16.7 Å². The van der Waals surface area contributed by atoms with Crippen LogP contribution in [0.3, 0.4) is 0 Å². The van der Waals surface area contributed by atoms with E-state index in [0.29, 0.717) is 33.0 Å². The smallest absolute Gasteiger partial charge is 0.244 e. The average molecular weight is 452 g/mol. The van der Waals surface area contributed by atoms with Crippen molar-refractivity contribution in [3.8, 4) is 22.8 Å². The van der Waals surface area contributed by atoms with Crippen LogP contribution in [0.4, 0.5) is 5.69 Å². The minimum Gasteiger partial charge on any atom is -0.325 e. The summed E-state index contributed by atoms with van der Waals surface area (Å²) >= 11 is 11.3. The van der Waals surface area contributed by atoms with Crippen LogP contribution in [0.15, 0.2) is 48.5 Å². The van der Waals surface area contributed by atoms with Crippen LogP contribution in [0, 0.1) is 4.77 Å². The van der Waals surface area contributed by atoms with E-state index in [0.717, 1.165) is 17.0 Å². The van der Waals surface area contributed by atoms with Gasteiger partial charge in [0.2, 0.25) is 5.91 Å². The first-order valence-corrected chi connectivity index (χ1v) is 10.6. The van der Waals surface area contributed by atoms with Crippen LogP contribution < -0.4 is 5.32 Å². The van der Waals surface area contributed by atoms with E-state index in [1.165, 1.54) is 12.8 Å². The van der Waals surface area contributed by atoms with Crippen molar-refractivity contribution < 1.29 is 4.79 Å². The standard InChI is InChI=1S/C21H18ClN7OS/c22-15-7-3-14(4-8-15)20-27-28-21(31)29(20)11-17(30)23-16-9-5-13(6-10-16)19-24-18(25-26-19)12-1-2-12/h3-10,12H,1-2,11H2,(H,23,30)(H,28,31)(H,24,25,26). The number of carbonyl (C=O) groups is 1. The number of hydrogen-bond donors (Lipinski definition) is 3. The van der Waals surface area contributed by atoms with Gasteiger partial charge in [0, 0.05) is 27.8 Å².